The van der Waals surface area contributed by atoms with Gasteiger partial charge in [-0.15, -0.1) is 0 Å². The highest BCUT2D eigenvalue weighted by atomic mass is 16.5. The third kappa shape index (κ3) is 8.08. The second kappa shape index (κ2) is 13.6. The van der Waals surface area contributed by atoms with Crippen LogP contribution < -0.4 is 21.1 Å². The molecule has 1 atom stereocenters. The van der Waals surface area contributed by atoms with Crippen LogP contribution in [-0.2, 0) is 9.59 Å². The van der Waals surface area contributed by atoms with Crippen LogP contribution in [0.2, 0.25) is 0 Å². The number of carbonyl (C=O) groups excluding carboxylic acids is 2. The second-order valence-electron chi connectivity index (χ2n) is 7.77. The van der Waals surface area contributed by atoms with E-state index in [4.69, 9.17) is 0 Å². The van der Waals surface area contributed by atoms with E-state index >= 15 is 0 Å². The number of piperazine rings is 1. The number of hydrogen-bond acceptors (Lipinski definition) is 10. The molecule has 12 nitrogen and oxygen atoms in total. The molecule has 0 saturated carbocycles. The number of rotatable bonds is 14. The van der Waals surface area contributed by atoms with E-state index in [9.17, 15) is 14.8 Å². The minimum absolute atomic E-state index is 0.0759. The molecule has 0 aromatic carbocycles. The number of amides is 2. The molecule has 2 rings (SSSR count). The number of carbonyl (C=O) groups is 2. The van der Waals surface area contributed by atoms with Gasteiger partial charge in [-0.1, -0.05) is 33.1 Å². The highest BCUT2D eigenvalue weighted by molar-refractivity contribution is 5.80. The van der Waals surface area contributed by atoms with E-state index in [1.807, 2.05) is 6.92 Å². The highest BCUT2D eigenvalue weighted by Gasteiger charge is 2.22. The Hall–Kier alpha value is -2.73. The topological polar surface area (TPSA) is 139 Å². The quantitative estimate of drug-likeness (QED) is 0.140. The number of nitrogens with zero attached hydrogens (tertiary/aromatic N) is 6. The number of likely N-dealkylation sites (N-methyl/N-ethyl adjacent to an activating group) is 1. The first-order valence-electron chi connectivity index (χ1n) is 11.4. The Kier molecular flexibility index (Phi) is 10.9. The average molecular weight is 452 g/mol. The number of aromatic nitrogens is 3. The summed E-state index contributed by atoms with van der Waals surface area (Å²) in [6.45, 7) is 11.3. The van der Waals surface area contributed by atoms with Crippen LogP contribution >= 0.6 is 0 Å². The molecular formula is C20H37N9O3. The summed E-state index contributed by atoms with van der Waals surface area (Å²) < 4.78 is 0. The van der Waals surface area contributed by atoms with Gasteiger partial charge in [-0.25, -0.2) is 5.06 Å². The molecule has 0 bridgehead atoms. The summed E-state index contributed by atoms with van der Waals surface area (Å²) in [6.07, 6.45) is 3.66. The third-order valence-electron chi connectivity index (χ3n) is 5.41. The Labute approximate surface area is 189 Å². The molecule has 2 heterocycles. The highest BCUT2D eigenvalue weighted by Crippen LogP contribution is 2.16. The Bertz CT molecular complexity index is 714. The molecule has 1 aromatic rings. The lowest BCUT2D eigenvalue weighted by Gasteiger charge is -2.34. The Balaban J connectivity index is 2.06. The standard InChI is InChI=1S/C20H37N9O3/c1-4-7-8-9-16(14-29(32)15-30)17(31)25-26-19-22-18(21-5-2)23-20(24-19)28-12-10-27(6-3)11-13-28/h15-16,32H,4-14H2,1-3H3,(H,25,31)(H2,21,22,23,24,26). The number of nitrogens with one attached hydrogen (secondary N) is 3. The third-order valence-corrected chi connectivity index (χ3v) is 5.41. The Morgan fingerprint density at radius 3 is 2.47 bits per heavy atom. The van der Waals surface area contributed by atoms with Crippen LogP contribution in [0.3, 0.4) is 0 Å². The van der Waals surface area contributed by atoms with E-state index in [1.54, 1.807) is 0 Å². The summed E-state index contributed by atoms with van der Waals surface area (Å²) in [5, 5.41) is 13.1. The number of anilines is 3. The van der Waals surface area contributed by atoms with E-state index in [-0.39, 0.29) is 18.4 Å². The summed E-state index contributed by atoms with van der Waals surface area (Å²) in [5.74, 6) is 0.298. The molecule has 4 N–H and O–H groups in total. The average Bonchev–Trinajstić information content (AvgIpc) is 2.82. The maximum Gasteiger partial charge on any atom is 0.248 e. The van der Waals surface area contributed by atoms with Crippen molar-refractivity contribution < 1.29 is 14.8 Å². The molecule has 32 heavy (non-hydrogen) atoms. The van der Waals surface area contributed by atoms with Crippen molar-refractivity contribution in [3.63, 3.8) is 0 Å². The molecule has 0 aliphatic carbocycles. The zero-order valence-corrected chi connectivity index (χ0v) is 19.4. The van der Waals surface area contributed by atoms with Crippen molar-refractivity contribution in [2.24, 2.45) is 5.92 Å². The van der Waals surface area contributed by atoms with Gasteiger partial charge in [-0.05, 0) is 19.9 Å². The number of unbranched alkanes of at least 4 members (excludes halogenated alkanes) is 2. The lowest BCUT2D eigenvalue weighted by Crippen LogP contribution is -2.47. The molecule has 1 saturated heterocycles. The van der Waals surface area contributed by atoms with Gasteiger partial charge in [0.05, 0.1) is 12.5 Å². The molecule has 1 fully saturated rings. The van der Waals surface area contributed by atoms with Crippen LogP contribution in [0.15, 0.2) is 0 Å². The second-order valence-corrected chi connectivity index (χ2v) is 7.77. The molecule has 2 amide bonds. The smallest absolute Gasteiger partial charge is 0.248 e. The van der Waals surface area contributed by atoms with Crippen molar-refractivity contribution in [1.29, 1.82) is 0 Å². The first kappa shape index (κ1) is 25.5. The largest absolute Gasteiger partial charge is 0.354 e. The van der Waals surface area contributed by atoms with Crippen molar-refractivity contribution >= 4 is 30.2 Å². The number of hydrazine groups is 1. The summed E-state index contributed by atoms with van der Waals surface area (Å²) in [4.78, 5) is 41.3. The number of hydroxylamine groups is 2. The van der Waals surface area contributed by atoms with Crippen LogP contribution in [0.25, 0.3) is 0 Å². The summed E-state index contributed by atoms with van der Waals surface area (Å²) in [6, 6.07) is 0. The van der Waals surface area contributed by atoms with E-state index in [0.29, 0.717) is 36.3 Å². The summed E-state index contributed by atoms with van der Waals surface area (Å²) in [5.41, 5.74) is 5.40. The van der Waals surface area contributed by atoms with Gasteiger partial charge < -0.3 is 15.1 Å². The Morgan fingerprint density at radius 2 is 1.84 bits per heavy atom. The van der Waals surface area contributed by atoms with E-state index in [1.165, 1.54) is 0 Å². The van der Waals surface area contributed by atoms with Crippen molar-refractivity contribution in [1.82, 2.24) is 30.3 Å². The molecule has 0 spiro atoms. The molecule has 1 aliphatic heterocycles. The molecule has 180 valence electrons. The van der Waals surface area contributed by atoms with Crippen LogP contribution in [0.5, 0.6) is 0 Å². The fourth-order valence-corrected chi connectivity index (χ4v) is 3.50. The first-order valence-corrected chi connectivity index (χ1v) is 11.4. The fourth-order valence-electron chi connectivity index (χ4n) is 3.50. The summed E-state index contributed by atoms with van der Waals surface area (Å²) >= 11 is 0. The van der Waals surface area contributed by atoms with Gasteiger partial charge >= 0.3 is 0 Å². The molecule has 0 radical (unpaired) electrons. The molecule has 1 aromatic heterocycles. The van der Waals surface area contributed by atoms with Crippen LogP contribution in [0.4, 0.5) is 17.8 Å². The lowest BCUT2D eigenvalue weighted by molar-refractivity contribution is -0.154. The SMILES string of the molecule is CCCCCC(CN(O)C=O)C(=O)NNc1nc(NCC)nc(N2CCN(CC)CC2)n1. The molecule has 1 aliphatic rings. The van der Waals surface area contributed by atoms with E-state index in [0.717, 1.165) is 52.0 Å². The molecular weight excluding hydrogens is 414 g/mol. The van der Waals surface area contributed by atoms with Gasteiger partial charge in [0.15, 0.2) is 0 Å². The minimum atomic E-state index is -0.555. The molecule has 12 heteroatoms. The normalized spacial score (nSPS) is 15.2. The van der Waals surface area contributed by atoms with Gasteiger partial charge in [-0.3, -0.25) is 25.6 Å². The van der Waals surface area contributed by atoms with Crippen molar-refractivity contribution in [2.45, 2.75) is 46.5 Å². The predicted octanol–water partition coefficient (Wildman–Crippen LogP) is 0.933. The monoisotopic (exact) mass is 451 g/mol. The van der Waals surface area contributed by atoms with Crippen LogP contribution in [-0.4, -0.2) is 88.3 Å². The maximum atomic E-state index is 12.7. The lowest BCUT2D eigenvalue weighted by atomic mass is 10.0. The van der Waals surface area contributed by atoms with Crippen LogP contribution in [0.1, 0.15) is 46.5 Å². The van der Waals surface area contributed by atoms with Crippen molar-refractivity contribution in [3.05, 3.63) is 0 Å². The fraction of sp³-hybridized carbons (Fsp3) is 0.750. The van der Waals surface area contributed by atoms with Gasteiger partial charge in [-0.2, -0.15) is 15.0 Å². The van der Waals surface area contributed by atoms with Gasteiger partial charge in [0, 0.05) is 32.7 Å². The van der Waals surface area contributed by atoms with Crippen molar-refractivity contribution in [3.8, 4) is 0 Å². The van der Waals surface area contributed by atoms with Gasteiger partial charge in [0.2, 0.25) is 30.2 Å². The summed E-state index contributed by atoms with van der Waals surface area (Å²) in [7, 11) is 0. The van der Waals surface area contributed by atoms with Gasteiger partial charge in [0.1, 0.15) is 0 Å². The van der Waals surface area contributed by atoms with Crippen LogP contribution in [0, 0.1) is 5.92 Å². The predicted molar refractivity (Wildman–Crippen MR) is 122 cm³/mol. The minimum Gasteiger partial charge on any atom is -0.354 e. The Morgan fingerprint density at radius 1 is 1.12 bits per heavy atom. The number of hydrogen-bond donors (Lipinski definition) is 4. The zero-order valence-electron chi connectivity index (χ0n) is 19.4. The zero-order chi connectivity index (χ0) is 23.3. The van der Waals surface area contributed by atoms with Crippen molar-refractivity contribution in [2.75, 3.05) is 61.5 Å². The first-order chi connectivity index (χ1) is 15.5. The van der Waals surface area contributed by atoms with E-state index in [2.05, 4.69) is 54.8 Å². The van der Waals surface area contributed by atoms with Gasteiger partial charge in [0.25, 0.3) is 0 Å². The van der Waals surface area contributed by atoms with E-state index < -0.39 is 5.92 Å². The maximum absolute atomic E-state index is 12.7. The molecule has 1 unspecified atom stereocenters.